The maximum absolute atomic E-state index is 2.52. The van der Waals surface area contributed by atoms with Crippen LogP contribution in [0.3, 0.4) is 0 Å². The molecule has 0 aliphatic heterocycles. The number of rotatable bonds is 5. The monoisotopic (exact) mass is 265 g/mol. The Hall–Kier alpha value is -1.76. The van der Waals surface area contributed by atoms with Crippen LogP contribution in [0, 0.1) is 0 Å². The second-order valence-corrected chi connectivity index (χ2v) is 5.59. The molecule has 0 aliphatic carbocycles. The van der Waals surface area contributed by atoms with E-state index < -0.39 is 0 Å². The molecule has 0 atom stereocenters. The molecule has 1 aromatic heterocycles. The highest BCUT2D eigenvalue weighted by Crippen LogP contribution is 2.32. The first kappa shape index (κ1) is 13.2. The largest absolute Gasteiger partial charge is 0.340 e. The molecule has 0 saturated carbocycles. The lowest BCUT2D eigenvalue weighted by atomic mass is 10.0. The van der Waals surface area contributed by atoms with Crippen molar-refractivity contribution in [1.29, 1.82) is 0 Å². The zero-order valence-electron chi connectivity index (χ0n) is 12.5. The number of aromatic nitrogens is 1. The maximum atomic E-state index is 2.52. The standard InChI is InChI=1S/C19H23N/c1-3-5-9-15-10-8-12-17-16-11-6-7-13-18(16)20(14-4-2)19(15)17/h6-8,10-13H,3-5,9,14H2,1-2H3. The van der Waals surface area contributed by atoms with Gasteiger partial charge in [0.15, 0.2) is 0 Å². The summed E-state index contributed by atoms with van der Waals surface area (Å²) in [6.07, 6.45) is 4.89. The van der Waals surface area contributed by atoms with Crippen molar-refractivity contribution in [2.45, 2.75) is 46.1 Å². The third-order valence-corrected chi connectivity index (χ3v) is 4.12. The number of nitrogens with zero attached hydrogens (tertiary/aromatic N) is 1. The van der Waals surface area contributed by atoms with Gasteiger partial charge >= 0.3 is 0 Å². The highest BCUT2D eigenvalue weighted by atomic mass is 15.0. The van der Waals surface area contributed by atoms with Gasteiger partial charge in [-0.1, -0.05) is 56.7 Å². The van der Waals surface area contributed by atoms with E-state index in [1.807, 2.05) is 0 Å². The highest BCUT2D eigenvalue weighted by Gasteiger charge is 2.12. The lowest BCUT2D eigenvalue weighted by molar-refractivity contribution is 0.717. The van der Waals surface area contributed by atoms with Gasteiger partial charge in [-0.05, 0) is 30.9 Å². The molecule has 0 N–H and O–H groups in total. The summed E-state index contributed by atoms with van der Waals surface area (Å²) in [5.74, 6) is 0. The summed E-state index contributed by atoms with van der Waals surface area (Å²) in [5, 5.41) is 2.82. The quantitative estimate of drug-likeness (QED) is 0.570. The molecule has 0 aliphatic rings. The lowest BCUT2D eigenvalue weighted by Gasteiger charge is -2.09. The Morgan fingerprint density at radius 2 is 1.65 bits per heavy atom. The number of hydrogen-bond acceptors (Lipinski definition) is 0. The molecule has 0 unspecified atom stereocenters. The predicted molar refractivity (Wildman–Crippen MR) is 88.3 cm³/mol. The minimum absolute atomic E-state index is 1.10. The Kier molecular flexibility index (Phi) is 3.77. The number of para-hydroxylation sites is 2. The normalized spacial score (nSPS) is 11.5. The van der Waals surface area contributed by atoms with Crippen molar-refractivity contribution in [2.24, 2.45) is 0 Å². The Morgan fingerprint density at radius 3 is 2.45 bits per heavy atom. The van der Waals surface area contributed by atoms with E-state index in [4.69, 9.17) is 0 Å². The fourth-order valence-electron chi connectivity index (χ4n) is 3.21. The van der Waals surface area contributed by atoms with E-state index in [-0.39, 0.29) is 0 Å². The SMILES string of the molecule is CCCCc1cccc2c3ccccc3n(CCC)c12. The van der Waals surface area contributed by atoms with Crippen molar-refractivity contribution in [3.05, 3.63) is 48.0 Å². The van der Waals surface area contributed by atoms with Gasteiger partial charge < -0.3 is 4.57 Å². The van der Waals surface area contributed by atoms with E-state index >= 15 is 0 Å². The second kappa shape index (κ2) is 5.70. The van der Waals surface area contributed by atoms with Crippen molar-refractivity contribution >= 4 is 21.8 Å². The van der Waals surface area contributed by atoms with E-state index in [0.717, 1.165) is 6.54 Å². The molecule has 0 amide bonds. The summed E-state index contributed by atoms with van der Waals surface area (Å²) in [6.45, 7) is 5.63. The summed E-state index contributed by atoms with van der Waals surface area (Å²) in [7, 11) is 0. The van der Waals surface area contributed by atoms with Crippen LogP contribution >= 0.6 is 0 Å². The van der Waals surface area contributed by atoms with Gasteiger partial charge in [-0.3, -0.25) is 0 Å². The van der Waals surface area contributed by atoms with Crippen molar-refractivity contribution in [3.8, 4) is 0 Å². The number of hydrogen-bond donors (Lipinski definition) is 0. The van der Waals surface area contributed by atoms with Crippen molar-refractivity contribution in [2.75, 3.05) is 0 Å². The van der Waals surface area contributed by atoms with Gasteiger partial charge in [-0.15, -0.1) is 0 Å². The molecule has 0 saturated heterocycles. The van der Waals surface area contributed by atoms with Crippen LogP contribution in [0.25, 0.3) is 21.8 Å². The first-order chi connectivity index (χ1) is 9.86. The second-order valence-electron chi connectivity index (χ2n) is 5.59. The number of aryl methyl sites for hydroxylation is 2. The third-order valence-electron chi connectivity index (χ3n) is 4.12. The van der Waals surface area contributed by atoms with E-state index in [2.05, 4.69) is 60.9 Å². The smallest absolute Gasteiger partial charge is 0.0523 e. The molecule has 1 heterocycles. The van der Waals surface area contributed by atoms with Gasteiger partial charge in [0.05, 0.1) is 5.52 Å². The summed E-state index contributed by atoms with van der Waals surface area (Å²) in [6, 6.07) is 15.6. The van der Waals surface area contributed by atoms with Crippen LogP contribution in [0.2, 0.25) is 0 Å². The number of unbranched alkanes of at least 4 members (excludes halogenated alkanes) is 1. The maximum Gasteiger partial charge on any atom is 0.0523 e. The third kappa shape index (κ3) is 2.11. The average Bonchev–Trinajstić information content (AvgIpc) is 2.81. The van der Waals surface area contributed by atoms with Crippen LogP contribution in [0.4, 0.5) is 0 Å². The fourth-order valence-corrected chi connectivity index (χ4v) is 3.21. The molecule has 1 nitrogen and oxygen atoms in total. The number of fused-ring (bicyclic) bond motifs is 3. The van der Waals surface area contributed by atoms with Crippen molar-refractivity contribution in [1.82, 2.24) is 4.57 Å². The zero-order chi connectivity index (χ0) is 13.9. The first-order valence-corrected chi connectivity index (χ1v) is 7.85. The molecular formula is C19H23N. The van der Waals surface area contributed by atoms with E-state index in [0.29, 0.717) is 0 Å². The van der Waals surface area contributed by atoms with Gasteiger partial charge in [-0.2, -0.15) is 0 Å². The van der Waals surface area contributed by atoms with Crippen molar-refractivity contribution < 1.29 is 0 Å². The topological polar surface area (TPSA) is 4.93 Å². The molecule has 0 spiro atoms. The van der Waals surface area contributed by atoms with Crippen LogP contribution in [0.5, 0.6) is 0 Å². The molecule has 0 fully saturated rings. The van der Waals surface area contributed by atoms with Gasteiger partial charge in [0.2, 0.25) is 0 Å². The molecule has 104 valence electrons. The predicted octanol–water partition coefficient (Wildman–Crippen LogP) is 5.55. The van der Waals surface area contributed by atoms with Crippen LogP contribution in [-0.4, -0.2) is 4.57 Å². The van der Waals surface area contributed by atoms with Gasteiger partial charge in [-0.25, -0.2) is 0 Å². The summed E-state index contributed by atoms with van der Waals surface area (Å²) in [4.78, 5) is 0. The number of benzene rings is 2. The molecule has 20 heavy (non-hydrogen) atoms. The summed E-state index contributed by atoms with van der Waals surface area (Å²) < 4.78 is 2.52. The summed E-state index contributed by atoms with van der Waals surface area (Å²) >= 11 is 0. The fraction of sp³-hybridized carbons (Fsp3) is 0.368. The summed E-state index contributed by atoms with van der Waals surface area (Å²) in [5.41, 5.74) is 4.35. The molecule has 0 radical (unpaired) electrons. The average molecular weight is 265 g/mol. The van der Waals surface area contributed by atoms with Crippen LogP contribution in [0.15, 0.2) is 42.5 Å². The zero-order valence-corrected chi connectivity index (χ0v) is 12.5. The van der Waals surface area contributed by atoms with E-state index in [1.165, 1.54) is 53.1 Å². The van der Waals surface area contributed by atoms with Crippen LogP contribution in [0.1, 0.15) is 38.7 Å². The molecule has 0 bridgehead atoms. The molecule has 2 aromatic carbocycles. The minimum Gasteiger partial charge on any atom is -0.340 e. The molecule has 1 heteroatoms. The Bertz CT molecular complexity index is 721. The Balaban J connectivity index is 2.31. The van der Waals surface area contributed by atoms with E-state index in [1.54, 1.807) is 0 Å². The molecule has 3 rings (SSSR count). The van der Waals surface area contributed by atoms with Crippen molar-refractivity contribution in [3.63, 3.8) is 0 Å². The highest BCUT2D eigenvalue weighted by molar-refractivity contribution is 6.09. The van der Waals surface area contributed by atoms with E-state index in [9.17, 15) is 0 Å². The molecule has 3 aromatic rings. The molecular weight excluding hydrogens is 242 g/mol. The first-order valence-electron chi connectivity index (χ1n) is 7.85. The lowest BCUT2D eigenvalue weighted by Crippen LogP contribution is -1.99. The van der Waals surface area contributed by atoms with Gasteiger partial charge in [0.25, 0.3) is 0 Å². The Morgan fingerprint density at radius 1 is 0.850 bits per heavy atom. The van der Waals surface area contributed by atoms with Gasteiger partial charge in [0.1, 0.15) is 0 Å². The van der Waals surface area contributed by atoms with Gasteiger partial charge in [0, 0.05) is 22.8 Å². The Labute approximate surface area is 121 Å². The minimum atomic E-state index is 1.10. The van der Waals surface area contributed by atoms with Crippen LogP contribution < -0.4 is 0 Å². The van der Waals surface area contributed by atoms with Crippen LogP contribution in [-0.2, 0) is 13.0 Å².